The zero-order chi connectivity index (χ0) is 9.28. The second kappa shape index (κ2) is 9.39. The fraction of sp³-hybridized carbons (Fsp3) is 0.857. The van der Waals surface area contributed by atoms with Crippen molar-refractivity contribution in [2.24, 2.45) is 0 Å². The van der Waals surface area contributed by atoms with Crippen molar-refractivity contribution in [3.05, 3.63) is 0 Å². The Morgan fingerprint density at radius 3 is 2.00 bits per heavy atom. The number of hydrogen-bond donors (Lipinski definition) is 2. The molecule has 0 amide bonds. The number of carboxylic acids is 1. The molecule has 68 valence electrons. The van der Waals surface area contributed by atoms with E-state index in [1.165, 1.54) is 0 Å². The van der Waals surface area contributed by atoms with Crippen LogP contribution in [0.1, 0.15) is 6.92 Å². The van der Waals surface area contributed by atoms with Gasteiger partial charge in [-0.1, -0.05) is 6.92 Å². The fourth-order valence-corrected chi connectivity index (χ4v) is 0.343. The summed E-state index contributed by atoms with van der Waals surface area (Å²) in [5.74, 6) is -0.769. The summed E-state index contributed by atoms with van der Waals surface area (Å²) in [4.78, 5) is 11.7. The number of rotatable bonds is 3. The number of carboxylic acid groups (broad SMARTS) is 1. The van der Waals surface area contributed by atoms with E-state index in [-0.39, 0.29) is 6.54 Å². The largest absolute Gasteiger partial charge is 0.480 e. The van der Waals surface area contributed by atoms with Gasteiger partial charge in [-0.15, -0.1) is 0 Å². The summed E-state index contributed by atoms with van der Waals surface area (Å²) >= 11 is 0. The Hall–Kier alpha value is -0.610. The van der Waals surface area contributed by atoms with Crippen LogP contribution in [0, 0.1) is 0 Å². The van der Waals surface area contributed by atoms with E-state index in [0.717, 1.165) is 6.54 Å². The van der Waals surface area contributed by atoms with E-state index < -0.39 is 5.97 Å². The van der Waals surface area contributed by atoms with Gasteiger partial charge < -0.3 is 10.4 Å². The van der Waals surface area contributed by atoms with Crippen molar-refractivity contribution in [1.29, 1.82) is 0 Å². The normalized spacial score (nSPS) is 8.82. The van der Waals surface area contributed by atoms with Gasteiger partial charge in [0.15, 0.2) is 0 Å². The van der Waals surface area contributed by atoms with Crippen molar-refractivity contribution >= 4 is 5.97 Å². The quantitative estimate of drug-likeness (QED) is 0.606. The molecule has 0 spiro atoms. The standard InChI is InChI=1S/C5H11NO2.C2H7N/c1-3-6(2)4-5(7)8;1-3-2/h3-4H2,1-2H3,(H,7,8);3H,1-2H3. The van der Waals surface area contributed by atoms with E-state index in [1.54, 1.807) is 11.9 Å². The molecule has 0 saturated heterocycles. The minimum Gasteiger partial charge on any atom is -0.480 e. The van der Waals surface area contributed by atoms with Gasteiger partial charge in [0, 0.05) is 0 Å². The third-order valence-electron chi connectivity index (χ3n) is 0.945. The summed E-state index contributed by atoms with van der Waals surface area (Å²) in [6.07, 6.45) is 0. The monoisotopic (exact) mass is 162 g/mol. The average molecular weight is 162 g/mol. The summed E-state index contributed by atoms with van der Waals surface area (Å²) in [5, 5.41) is 10.9. The SMILES string of the molecule is CCN(C)CC(=O)O.CNC. The maximum atomic E-state index is 9.93. The van der Waals surface area contributed by atoms with Crippen LogP contribution in [-0.2, 0) is 4.79 Å². The molecule has 0 aliphatic heterocycles. The van der Waals surface area contributed by atoms with Crippen molar-refractivity contribution in [3.63, 3.8) is 0 Å². The number of hydrogen-bond acceptors (Lipinski definition) is 3. The van der Waals surface area contributed by atoms with Gasteiger partial charge in [0.25, 0.3) is 0 Å². The summed E-state index contributed by atoms with van der Waals surface area (Å²) in [6, 6.07) is 0. The first-order chi connectivity index (χ1) is 5.08. The van der Waals surface area contributed by atoms with E-state index in [1.807, 2.05) is 21.0 Å². The Kier molecular flexibility index (Phi) is 11.1. The third kappa shape index (κ3) is 17.7. The second-order valence-corrected chi connectivity index (χ2v) is 2.22. The zero-order valence-corrected chi connectivity index (χ0v) is 7.72. The first kappa shape index (κ1) is 13.0. The van der Waals surface area contributed by atoms with Crippen molar-refractivity contribution in [2.75, 3.05) is 34.2 Å². The maximum Gasteiger partial charge on any atom is 0.317 e. The van der Waals surface area contributed by atoms with Crippen LogP contribution in [0.2, 0.25) is 0 Å². The van der Waals surface area contributed by atoms with Crippen LogP contribution in [-0.4, -0.2) is 50.2 Å². The van der Waals surface area contributed by atoms with Gasteiger partial charge in [0.1, 0.15) is 0 Å². The van der Waals surface area contributed by atoms with Gasteiger partial charge in [-0.3, -0.25) is 9.69 Å². The molecule has 0 aromatic heterocycles. The van der Waals surface area contributed by atoms with Crippen molar-refractivity contribution in [3.8, 4) is 0 Å². The molecule has 0 heterocycles. The molecule has 4 nitrogen and oxygen atoms in total. The Balaban J connectivity index is 0. The van der Waals surface area contributed by atoms with Gasteiger partial charge in [0.05, 0.1) is 6.54 Å². The Morgan fingerprint density at radius 1 is 1.55 bits per heavy atom. The van der Waals surface area contributed by atoms with Gasteiger partial charge in [0.2, 0.25) is 0 Å². The lowest BCUT2D eigenvalue weighted by Crippen LogP contribution is -2.24. The predicted octanol–water partition coefficient (Wildman–Crippen LogP) is -0.142. The van der Waals surface area contributed by atoms with Crippen LogP contribution in [0.4, 0.5) is 0 Å². The lowest BCUT2D eigenvalue weighted by Gasteiger charge is -2.08. The Morgan fingerprint density at radius 2 is 1.91 bits per heavy atom. The van der Waals surface area contributed by atoms with Crippen molar-refractivity contribution in [1.82, 2.24) is 10.2 Å². The number of nitrogens with one attached hydrogen (secondary N) is 1. The van der Waals surface area contributed by atoms with Crippen LogP contribution in [0.15, 0.2) is 0 Å². The van der Waals surface area contributed by atoms with Crippen LogP contribution >= 0.6 is 0 Å². The minimum atomic E-state index is -0.769. The van der Waals surface area contributed by atoms with Gasteiger partial charge in [-0.05, 0) is 27.7 Å². The molecule has 0 aromatic carbocycles. The number of aliphatic carboxylic acids is 1. The predicted molar refractivity (Wildman–Crippen MR) is 45.8 cm³/mol. The number of carbonyl (C=O) groups is 1. The molecular formula is C7H18N2O2. The molecule has 0 atom stereocenters. The summed E-state index contributed by atoms with van der Waals surface area (Å²) in [5.41, 5.74) is 0. The van der Waals surface area contributed by atoms with Gasteiger partial charge in [-0.2, -0.15) is 0 Å². The van der Waals surface area contributed by atoms with Gasteiger partial charge >= 0.3 is 5.97 Å². The molecule has 0 rings (SSSR count). The molecule has 0 radical (unpaired) electrons. The fourth-order valence-electron chi connectivity index (χ4n) is 0.343. The highest BCUT2D eigenvalue weighted by Gasteiger charge is 1.98. The molecule has 0 aliphatic carbocycles. The van der Waals surface area contributed by atoms with Crippen LogP contribution < -0.4 is 5.32 Å². The first-order valence-corrected chi connectivity index (χ1v) is 3.57. The minimum absolute atomic E-state index is 0.135. The highest BCUT2D eigenvalue weighted by atomic mass is 16.4. The summed E-state index contributed by atoms with van der Waals surface area (Å²) in [6.45, 7) is 2.84. The molecule has 0 aliphatic rings. The maximum absolute atomic E-state index is 9.93. The topological polar surface area (TPSA) is 52.6 Å². The Bertz CT molecular complexity index is 96.4. The molecule has 4 heteroatoms. The molecular weight excluding hydrogens is 144 g/mol. The lowest BCUT2D eigenvalue weighted by atomic mass is 10.5. The van der Waals surface area contributed by atoms with Crippen LogP contribution in [0.3, 0.4) is 0 Å². The molecule has 0 saturated carbocycles. The van der Waals surface area contributed by atoms with Crippen LogP contribution in [0.5, 0.6) is 0 Å². The molecule has 0 unspecified atom stereocenters. The van der Waals surface area contributed by atoms with E-state index >= 15 is 0 Å². The molecule has 0 bridgehead atoms. The number of nitrogens with zero attached hydrogens (tertiary/aromatic N) is 1. The van der Waals surface area contributed by atoms with Gasteiger partial charge in [-0.25, -0.2) is 0 Å². The summed E-state index contributed by atoms with van der Waals surface area (Å²) in [7, 11) is 5.52. The Labute approximate surface area is 68.2 Å². The second-order valence-electron chi connectivity index (χ2n) is 2.22. The van der Waals surface area contributed by atoms with E-state index in [4.69, 9.17) is 5.11 Å². The summed E-state index contributed by atoms with van der Waals surface area (Å²) < 4.78 is 0. The van der Waals surface area contributed by atoms with E-state index in [2.05, 4.69) is 5.32 Å². The van der Waals surface area contributed by atoms with E-state index in [9.17, 15) is 4.79 Å². The molecule has 0 fully saturated rings. The highest BCUT2D eigenvalue weighted by Crippen LogP contribution is 1.77. The molecule has 2 N–H and O–H groups in total. The van der Waals surface area contributed by atoms with E-state index in [0.29, 0.717) is 0 Å². The van der Waals surface area contributed by atoms with Crippen LogP contribution in [0.25, 0.3) is 0 Å². The zero-order valence-electron chi connectivity index (χ0n) is 7.72. The lowest BCUT2D eigenvalue weighted by molar-refractivity contribution is -0.137. The van der Waals surface area contributed by atoms with Crippen molar-refractivity contribution < 1.29 is 9.90 Å². The molecule has 0 aromatic rings. The number of likely N-dealkylation sites (N-methyl/N-ethyl adjacent to an activating group) is 1. The third-order valence-corrected chi connectivity index (χ3v) is 0.945. The first-order valence-electron chi connectivity index (χ1n) is 3.57. The van der Waals surface area contributed by atoms with Crippen molar-refractivity contribution in [2.45, 2.75) is 6.92 Å². The average Bonchev–Trinajstić information content (AvgIpc) is 1.88. The smallest absolute Gasteiger partial charge is 0.317 e. The molecule has 11 heavy (non-hydrogen) atoms. The highest BCUT2D eigenvalue weighted by molar-refractivity contribution is 5.68.